The van der Waals surface area contributed by atoms with E-state index in [4.69, 9.17) is 4.42 Å². The number of benzene rings is 2. The van der Waals surface area contributed by atoms with Crippen molar-refractivity contribution in [2.45, 2.75) is 27.3 Å². The Labute approximate surface area is 187 Å². The van der Waals surface area contributed by atoms with E-state index in [0.29, 0.717) is 16.2 Å². The summed E-state index contributed by atoms with van der Waals surface area (Å²) < 4.78 is 6.91. The molecule has 1 amide bonds. The van der Waals surface area contributed by atoms with Crippen molar-refractivity contribution in [3.05, 3.63) is 75.1 Å². The first kappa shape index (κ1) is 20.1. The molecule has 3 aromatic heterocycles. The predicted molar refractivity (Wildman–Crippen MR) is 126 cm³/mol. The van der Waals surface area contributed by atoms with Gasteiger partial charge in [0.1, 0.15) is 17.6 Å². The van der Waals surface area contributed by atoms with Gasteiger partial charge in [-0.3, -0.25) is 14.2 Å². The van der Waals surface area contributed by atoms with Gasteiger partial charge in [0.25, 0.3) is 5.56 Å². The number of para-hydroxylation sites is 1. The van der Waals surface area contributed by atoms with Gasteiger partial charge < -0.3 is 9.73 Å². The first-order chi connectivity index (χ1) is 15.4. The fourth-order valence-electron chi connectivity index (χ4n) is 3.73. The van der Waals surface area contributed by atoms with E-state index in [1.54, 1.807) is 6.07 Å². The molecule has 0 bridgehead atoms. The van der Waals surface area contributed by atoms with Gasteiger partial charge in [0.15, 0.2) is 5.13 Å². The lowest BCUT2D eigenvalue weighted by atomic mass is 9.99. The van der Waals surface area contributed by atoms with Crippen molar-refractivity contribution in [2.24, 2.45) is 0 Å². The zero-order chi connectivity index (χ0) is 22.4. The Balaban J connectivity index is 1.37. The highest BCUT2D eigenvalue weighted by Crippen LogP contribution is 2.29. The first-order valence-electron chi connectivity index (χ1n) is 10.1. The number of furan rings is 1. The van der Waals surface area contributed by atoms with Gasteiger partial charge in [-0.05, 0) is 55.7 Å². The van der Waals surface area contributed by atoms with Crippen LogP contribution in [0.5, 0.6) is 0 Å². The summed E-state index contributed by atoms with van der Waals surface area (Å²) in [5.41, 5.74) is 6.24. The molecule has 0 fully saturated rings. The van der Waals surface area contributed by atoms with Crippen LogP contribution in [0.3, 0.4) is 0 Å². The van der Waals surface area contributed by atoms with Crippen LogP contribution < -0.4 is 10.9 Å². The second-order valence-electron chi connectivity index (χ2n) is 7.79. The molecule has 5 rings (SSSR count). The number of nitrogens with one attached hydrogen (secondary N) is 1. The lowest BCUT2D eigenvalue weighted by molar-refractivity contribution is -0.116. The number of rotatable bonds is 4. The summed E-state index contributed by atoms with van der Waals surface area (Å²) in [4.78, 5) is 34.3. The van der Waals surface area contributed by atoms with Crippen molar-refractivity contribution in [3.63, 3.8) is 0 Å². The molecule has 5 aromatic rings. The summed E-state index contributed by atoms with van der Waals surface area (Å²) >= 11 is 1.35. The highest BCUT2D eigenvalue weighted by Gasteiger charge is 2.16. The summed E-state index contributed by atoms with van der Waals surface area (Å²) in [6.07, 6.45) is 1.37. The Morgan fingerprint density at radius 3 is 2.75 bits per heavy atom. The Kier molecular flexibility index (Phi) is 4.86. The number of aromatic nitrogens is 3. The molecule has 0 aliphatic rings. The number of carbonyl (C=O) groups excluding carboxylic acids is 1. The van der Waals surface area contributed by atoms with Gasteiger partial charge in [-0.15, -0.1) is 11.3 Å². The predicted octanol–water partition coefficient (Wildman–Crippen LogP) is 4.83. The minimum Gasteiger partial charge on any atom is -0.448 e. The molecule has 0 aliphatic carbocycles. The third-order valence-electron chi connectivity index (χ3n) is 5.53. The maximum absolute atomic E-state index is 12.8. The third-order valence-corrected chi connectivity index (χ3v) is 6.29. The van der Waals surface area contributed by atoms with Crippen molar-refractivity contribution < 1.29 is 9.21 Å². The second kappa shape index (κ2) is 7.72. The van der Waals surface area contributed by atoms with Gasteiger partial charge in [0.2, 0.25) is 11.5 Å². The minimum absolute atomic E-state index is 0.142. The summed E-state index contributed by atoms with van der Waals surface area (Å²) in [5, 5.41) is 5.95. The normalized spacial score (nSPS) is 11.3. The topological polar surface area (TPSA) is 90.0 Å². The number of thiazole rings is 1. The summed E-state index contributed by atoms with van der Waals surface area (Å²) in [6.45, 7) is 6.01. The van der Waals surface area contributed by atoms with Gasteiger partial charge in [0, 0.05) is 16.3 Å². The molecule has 3 heterocycles. The molecular weight excluding hydrogens is 424 g/mol. The van der Waals surface area contributed by atoms with Crippen LogP contribution >= 0.6 is 11.3 Å². The standard InChI is InChI=1S/C24H20N4O3S/c1-13-8-15(3)17(9-14(13)2)18-11-32-24(26-18)27-20(29)10-28-12-25-21-16-6-4-5-7-19(16)31-22(21)23(28)30/h4-9,11-12H,10H2,1-3H3,(H,26,27,29). The zero-order valence-corrected chi connectivity index (χ0v) is 18.6. The number of anilines is 1. The second-order valence-corrected chi connectivity index (χ2v) is 8.65. The van der Waals surface area contributed by atoms with Crippen LogP contribution in [-0.2, 0) is 11.3 Å². The average Bonchev–Trinajstić information content (AvgIpc) is 3.37. The Bertz CT molecular complexity index is 1560. The molecule has 0 spiro atoms. The van der Waals surface area contributed by atoms with E-state index < -0.39 is 5.56 Å². The highest BCUT2D eigenvalue weighted by atomic mass is 32.1. The van der Waals surface area contributed by atoms with Crippen molar-refractivity contribution in [3.8, 4) is 11.3 Å². The van der Waals surface area contributed by atoms with E-state index in [9.17, 15) is 9.59 Å². The first-order valence-corrected chi connectivity index (χ1v) is 11.0. The lowest BCUT2D eigenvalue weighted by Crippen LogP contribution is -2.27. The van der Waals surface area contributed by atoms with E-state index >= 15 is 0 Å². The largest absolute Gasteiger partial charge is 0.448 e. The molecule has 0 aliphatic heterocycles. The van der Waals surface area contributed by atoms with Crippen molar-refractivity contribution in [1.82, 2.24) is 14.5 Å². The Hall–Kier alpha value is -3.78. The molecule has 32 heavy (non-hydrogen) atoms. The zero-order valence-electron chi connectivity index (χ0n) is 17.8. The third kappa shape index (κ3) is 3.48. The fraction of sp³-hybridized carbons (Fsp3) is 0.167. The number of amides is 1. The number of hydrogen-bond donors (Lipinski definition) is 1. The van der Waals surface area contributed by atoms with Crippen molar-refractivity contribution in [1.29, 1.82) is 0 Å². The molecule has 1 N–H and O–H groups in total. The van der Waals surface area contributed by atoms with Crippen LogP contribution in [0.4, 0.5) is 5.13 Å². The van der Waals surface area contributed by atoms with Gasteiger partial charge in [-0.1, -0.05) is 18.2 Å². The average molecular weight is 445 g/mol. The SMILES string of the molecule is Cc1cc(C)c(-c2csc(NC(=O)Cn3cnc4c(oc5ccccc54)c3=O)n2)cc1C. The quantitative estimate of drug-likeness (QED) is 0.429. The van der Waals surface area contributed by atoms with E-state index in [1.807, 2.05) is 30.5 Å². The summed E-state index contributed by atoms with van der Waals surface area (Å²) in [5.74, 6) is -0.359. The monoisotopic (exact) mass is 444 g/mol. The lowest BCUT2D eigenvalue weighted by Gasteiger charge is -2.07. The Morgan fingerprint density at radius 2 is 1.91 bits per heavy atom. The number of fused-ring (bicyclic) bond motifs is 3. The molecule has 0 atom stereocenters. The molecule has 0 unspecified atom stereocenters. The summed E-state index contributed by atoms with van der Waals surface area (Å²) in [7, 11) is 0. The number of carbonyl (C=O) groups is 1. The molecule has 8 heteroatoms. The van der Waals surface area contributed by atoms with Crippen molar-refractivity contribution in [2.75, 3.05) is 5.32 Å². The Morgan fingerprint density at radius 1 is 1.12 bits per heavy atom. The van der Waals surface area contributed by atoms with Crippen LogP contribution in [0.2, 0.25) is 0 Å². The van der Waals surface area contributed by atoms with Crippen LogP contribution in [0, 0.1) is 20.8 Å². The molecule has 0 saturated heterocycles. The minimum atomic E-state index is -0.396. The van der Waals surface area contributed by atoms with Gasteiger partial charge >= 0.3 is 0 Å². The number of nitrogens with zero attached hydrogens (tertiary/aromatic N) is 3. The van der Waals surface area contributed by atoms with Crippen molar-refractivity contribution >= 4 is 44.4 Å². The molecule has 2 aromatic carbocycles. The van der Waals surface area contributed by atoms with E-state index in [1.165, 1.54) is 33.4 Å². The van der Waals surface area contributed by atoms with Crippen LogP contribution in [0.1, 0.15) is 16.7 Å². The van der Waals surface area contributed by atoms with Crippen LogP contribution in [0.25, 0.3) is 33.3 Å². The number of hydrogen-bond acceptors (Lipinski definition) is 6. The number of aryl methyl sites for hydroxylation is 3. The maximum atomic E-state index is 12.8. The van der Waals surface area contributed by atoms with Crippen LogP contribution in [-0.4, -0.2) is 20.4 Å². The summed E-state index contributed by atoms with van der Waals surface area (Å²) in [6, 6.07) is 11.6. The van der Waals surface area contributed by atoms with Gasteiger partial charge in [-0.2, -0.15) is 0 Å². The van der Waals surface area contributed by atoms with E-state index in [-0.39, 0.29) is 18.0 Å². The molecule has 7 nitrogen and oxygen atoms in total. The molecule has 0 radical (unpaired) electrons. The van der Waals surface area contributed by atoms with Gasteiger partial charge in [0.05, 0.1) is 12.0 Å². The van der Waals surface area contributed by atoms with Gasteiger partial charge in [-0.25, -0.2) is 9.97 Å². The fourth-order valence-corrected chi connectivity index (χ4v) is 4.46. The highest BCUT2D eigenvalue weighted by molar-refractivity contribution is 7.14. The van der Waals surface area contributed by atoms with Crippen LogP contribution in [0.15, 0.2) is 57.3 Å². The van der Waals surface area contributed by atoms with E-state index in [2.05, 4.69) is 41.3 Å². The molecular formula is C24H20N4O3S. The maximum Gasteiger partial charge on any atom is 0.297 e. The van der Waals surface area contributed by atoms with E-state index in [0.717, 1.165) is 22.2 Å². The molecule has 0 saturated carbocycles. The molecule has 160 valence electrons. The smallest absolute Gasteiger partial charge is 0.297 e.